The molecule has 10 heteroatoms. The zero-order valence-electron chi connectivity index (χ0n) is 20.7. The number of rotatable bonds is 6. The normalized spacial score (nSPS) is 18.1. The molecule has 0 bridgehead atoms. The van der Waals surface area contributed by atoms with E-state index in [-0.39, 0.29) is 30.4 Å². The summed E-state index contributed by atoms with van der Waals surface area (Å²) in [4.78, 5) is 32.6. The highest BCUT2D eigenvalue weighted by atomic mass is 35.5. The van der Waals surface area contributed by atoms with Crippen molar-refractivity contribution in [1.82, 2.24) is 9.47 Å². The van der Waals surface area contributed by atoms with Gasteiger partial charge in [-0.2, -0.15) is 0 Å². The summed E-state index contributed by atoms with van der Waals surface area (Å²) in [6.07, 6.45) is 3.70. The topological polar surface area (TPSA) is 93.4 Å². The van der Waals surface area contributed by atoms with Crippen LogP contribution in [0.2, 0.25) is 5.02 Å². The molecular formula is C28H26ClN3O5S. The molecule has 0 saturated carbocycles. The number of fused-ring (bicyclic) bond motifs is 1. The highest BCUT2D eigenvalue weighted by Gasteiger charge is 2.33. The molecule has 1 amide bonds. The zero-order valence-corrected chi connectivity index (χ0v) is 22.3. The summed E-state index contributed by atoms with van der Waals surface area (Å²) >= 11 is 7.18. The minimum atomic E-state index is -0.646. The smallest absolute Gasteiger partial charge is 0.344 e. The number of halogens is 1. The van der Waals surface area contributed by atoms with E-state index in [1.165, 1.54) is 11.8 Å². The average molecular weight is 552 g/mol. The van der Waals surface area contributed by atoms with Crippen molar-refractivity contribution in [2.75, 3.05) is 32.9 Å². The van der Waals surface area contributed by atoms with Crippen LogP contribution in [-0.2, 0) is 25.6 Å². The number of nitrogens with zero attached hydrogens (tertiary/aromatic N) is 3. The van der Waals surface area contributed by atoms with Gasteiger partial charge in [0.25, 0.3) is 0 Å². The Morgan fingerprint density at radius 1 is 1.16 bits per heavy atom. The molecule has 3 aromatic rings. The molecule has 2 aliphatic rings. The van der Waals surface area contributed by atoms with Crippen LogP contribution >= 0.6 is 23.4 Å². The van der Waals surface area contributed by atoms with Crippen LogP contribution in [0.1, 0.15) is 12.5 Å². The zero-order chi connectivity index (χ0) is 26.6. The van der Waals surface area contributed by atoms with Gasteiger partial charge < -0.3 is 24.0 Å². The third-order valence-electron chi connectivity index (χ3n) is 6.20. The number of morpholine rings is 1. The fourth-order valence-corrected chi connectivity index (χ4v) is 5.50. The van der Waals surface area contributed by atoms with Gasteiger partial charge in [0.2, 0.25) is 5.91 Å². The Bertz CT molecular complexity index is 1470. The number of hydrogen-bond donors (Lipinski definition) is 1. The van der Waals surface area contributed by atoms with Crippen molar-refractivity contribution in [3.05, 3.63) is 81.6 Å². The number of aliphatic imine (C=N–C) groups is 1. The molecule has 196 valence electrons. The number of aliphatic hydroxyl groups is 1. The molecule has 1 N–H and O–H groups in total. The number of ether oxygens (including phenoxy) is 2. The van der Waals surface area contributed by atoms with Gasteiger partial charge in [-0.25, -0.2) is 9.79 Å². The van der Waals surface area contributed by atoms with Gasteiger partial charge >= 0.3 is 5.97 Å². The number of para-hydroxylation sites is 1. The summed E-state index contributed by atoms with van der Waals surface area (Å²) in [5.41, 5.74) is 2.31. The quantitative estimate of drug-likeness (QED) is 0.415. The lowest BCUT2D eigenvalue weighted by atomic mass is 10.1. The van der Waals surface area contributed by atoms with Crippen LogP contribution in [0.5, 0.6) is 0 Å². The highest BCUT2D eigenvalue weighted by molar-refractivity contribution is 8.18. The molecular weight excluding hydrogens is 526 g/mol. The van der Waals surface area contributed by atoms with Crippen molar-refractivity contribution in [3.63, 3.8) is 0 Å². The van der Waals surface area contributed by atoms with Crippen molar-refractivity contribution in [2.24, 2.45) is 4.99 Å². The highest BCUT2D eigenvalue weighted by Crippen LogP contribution is 2.41. The van der Waals surface area contributed by atoms with E-state index >= 15 is 0 Å². The Morgan fingerprint density at radius 3 is 2.63 bits per heavy atom. The summed E-state index contributed by atoms with van der Waals surface area (Å²) in [6.45, 7) is 4.31. The molecule has 0 radical (unpaired) electrons. The summed E-state index contributed by atoms with van der Waals surface area (Å²) in [6, 6.07) is 14.6. The van der Waals surface area contributed by atoms with Gasteiger partial charge in [-0.3, -0.25) is 4.79 Å². The monoisotopic (exact) mass is 551 g/mol. The number of amides is 1. The molecule has 2 aromatic carbocycles. The van der Waals surface area contributed by atoms with E-state index in [0.29, 0.717) is 47.0 Å². The molecule has 1 saturated heterocycles. The van der Waals surface area contributed by atoms with Crippen molar-refractivity contribution < 1.29 is 24.2 Å². The number of aromatic nitrogens is 1. The summed E-state index contributed by atoms with van der Waals surface area (Å²) < 4.78 is 12.5. The number of aliphatic hydroxyl groups excluding tert-OH is 1. The third kappa shape index (κ3) is 5.50. The molecule has 5 rings (SSSR count). The minimum absolute atomic E-state index is 0.0179. The van der Waals surface area contributed by atoms with Crippen molar-refractivity contribution in [2.45, 2.75) is 13.5 Å². The van der Waals surface area contributed by atoms with E-state index in [1.54, 1.807) is 31.2 Å². The third-order valence-corrected chi connectivity index (χ3v) is 7.47. The molecule has 38 heavy (non-hydrogen) atoms. The predicted molar refractivity (Wildman–Crippen MR) is 150 cm³/mol. The minimum Gasteiger partial charge on any atom is -0.506 e. The van der Waals surface area contributed by atoms with E-state index in [1.807, 2.05) is 46.0 Å². The lowest BCUT2D eigenvalue weighted by Crippen LogP contribution is -2.42. The van der Waals surface area contributed by atoms with Gasteiger partial charge in [-0.1, -0.05) is 41.6 Å². The molecule has 0 unspecified atom stereocenters. The Morgan fingerprint density at radius 2 is 1.89 bits per heavy atom. The summed E-state index contributed by atoms with van der Waals surface area (Å²) in [5, 5.41) is 12.9. The maximum Gasteiger partial charge on any atom is 0.344 e. The first kappa shape index (κ1) is 26.1. The molecule has 1 fully saturated rings. The van der Waals surface area contributed by atoms with Gasteiger partial charge in [0.15, 0.2) is 0 Å². The lowest BCUT2D eigenvalue weighted by Gasteiger charge is -2.27. The van der Waals surface area contributed by atoms with Crippen LogP contribution in [0.25, 0.3) is 17.0 Å². The molecule has 0 spiro atoms. The van der Waals surface area contributed by atoms with E-state index in [9.17, 15) is 14.7 Å². The van der Waals surface area contributed by atoms with Crippen LogP contribution in [-0.4, -0.2) is 64.4 Å². The average Bonchev–Trinajstić information content (AvgIpc) is 3.42. The molecule has 8 nitrogen and oxygen atoms in total. The van der Waals surface area contributed by atoms with Crippen LogP contribution in [0.15, 0.2) is 76.0 Å². The SMILES string of the molecule is CCOC(=O)C1=C(O)/C(=C/c2cn(CC(=O)N3CCOCC3)c3ccccc23)SC1=Nc1ccc(Cl)cc1. The van der Waals surface area contributed by atoms with E-state index in [4.69, 9.17) is 21.1 Å². The predicted octanol–water partition coefficient (Wildman–Crippen LogP) is 5.35. The molecule has 3 heterocycles. The maximum absolute atomic E-state index is 12.9. The number of carbonyl (C=O) groups is 2. The van der Waals surface area contributed by atoms with Gasteiger partial charge in [0.1, 0.15) is 22.9 Å². The Labute approximate surface area is 229 Å². The van der Waals surface area contributed by atoms with E-state index in [0.717, 1.165) is 16.5 Å². The number of thioether (sulfide) groups is 1. The first-order valence-corrected chi connectivity index (χ1v) is 13.4. The van der Waals surface area contributed by atoms with Gasteiger partial charge in [-0.05, 0) is 43.3 Å². The fourth-order valence-electron chi connectivity index (χ4n) is 4.35. The summed E-state index contributed by atoms with van der Waals surface area (Å²) in [7, 11) is 0. The first-order valence-electron chi connectivity index (χ1n) is 12.2. The van der Waals surface area contributed by atoms with E-state index < -0.39 is 5.97 Å². The second kappa shape index (κ2) is 11.5. The molecule has 0 aliphatic carbocycles. The second-order valence-electron chi connectivity index (χ2n) is 8.67. The van der Waals surface area contributed by atoms with Crippen LogP contribution in [0, 0.1) is 0 Å². The van der Waals surface area contributed by atoms with Crippen LogP contribution in [0.4, 0.5) is 5.69 Å². The largest absolute Gasteiger partial charge is 0.506 e. The molecule has 0 atom stereocenters. The molecule has 2 aliphatic heterocycles. The number of hydrogen-bond acceptors (Lipinski definition) is 7. The van der Waals surface area contributed by atoms with Gasteiger partial charge in [0, 0.05) is 40.8 Å². The maximum atomic E-state index is 12.9. The van der Waals surface area contributed by atoms with Crippen molar-refractivity contribution >= 4 is 62.9 Å². The van der Waals surface area contributed by atoms with E-state index in [2.05, 4.69) is 4.99 Å². The van der Waals surface area contributed by atoms with Crippen LogP contribution in [0.3, 0.4) is 0 Å². The number of carbonyl (C=O) groups excluding carboxylic acids is 2. The van der Waals surface area contributed by atoms with Gasteiger partial charge in [-0.15, -0.1) is 0 Å². The summed E-state index contributed by atoms with van der Waals surface area (Å²) in [5.74, 6) is -0.817. The Kier molecular flexibility index (Phi) is 7.87. The first-order chi connectivity index (χ1) is 18.4. The Balaban J connectivity index is 1.51. The second-order valence-corrected chi connectivity index (χ2v) is 10.1. The Hall–Kier alpha value is -3.53. The fraction of sp³-hybridized carbons (Fsp3) is 0.250. The van der Waals surface area contributed by atoms with Crippen LogP contribution < -0.4 is 0 Å². The lowest BCUT2D eigenvalue weighted by molar-refractivity contribution is -0.138. The van der Waals surface area contributed by atoms with Crippen molar-refractivity contribution in [3.8, 4) is 0 Å². The standard InChI is InChI=1S/C28H26ClN3O5S/c1-2-37-28(35)25-26(34)23(38-27(25)30-20-9-7-19(29)8-10-20)15-18-16-32(22-6-4-3-5-21(18)22)17-24(33)31-11-13-36-14-12-31/h3-10,15-16,34H,2,11-14,17H2,1H3/b23-15-,30-27?. The number of benzene rings is 2. The molecule has 1 aromatic heterocycles. The van der Waals surface area contributed by atoms with Crippen molar-refractivity contribution in [1.29, 1.82) is 0 Å². The number of esters is 1. The van der Waals surface area contributed by atoms with Gasteiger partial charge in [0.05, 0.1) is 30.4 Å².